The van der Waals surface area contributed by atoms with Crippen LogP contribution in [0.4, 0.5) is 4.79 Å². The van der Waals surface area contributed by atoms with Crippen molar-refractivity contribution < 1.29 is 23.5 Å². The largest absolute Gasteiger partial charge is 0.487 e. The molecule has 42 heavy (non-hydrogen) atoms. The second-order valence-electron chi connectivity index (χ2n) is 12.2. The lowest BCUT2D eigenvalue weighted by Crippen LogP contribution is -2.47. The minimum absolute atomic E-state index is 0.0793. The van der Waals surface area contributed by atoms with Crippen LogP contribution in [0.15, 0.2) is 58.0 Å². The van der Waals surface area contributed by atoms with Crippen molar-refractivity contribution >= 4 is 34.7 Å². The van der Waals surface area contributed by atoms with Gasteiger partial charge in [-0.15, -0.1) is 5.10 Å². The lowest BCUT2D eigenvalue weighted by molar-refractivity contribution is -0.123. The van der Waals surface area contributed by atoms with E-state index in [-0.39, 0.29) is 11.2 Å². The third-order valence-corrected chi connectivity index (χ3v) is 8.50. The normalized spacial score (nSPS) is 17.3. The zero-order chi connectivity index (χ0) is 29.7. The van der Waals surface area contributed by atoms with Gasteiger partial charge in [-0.2, -0.15) is 11.8 Å². The summed E-state index contributed by atoms with van der Waals surface area (Å²) < 4.78 is 18.3. The molecule has 1 saturated carbocycles. The number of ether oxygens (including phenoxy) is 2. The monoisotopic (exact) mass is 591 g/mol. The summed E-state index contributed by atoms with van der Waals surface area (Å²) in [7, 11) is 0. The molecule has 2 amide bonds. The standard InChI is InChI=1S/C33H41N3O5S/c1-32(2,3)41-31(38)34-26(14-18-42-4)30(37)36-35-29-20-24(22-11-7-5-8-12-22)25-19-23-13-17-33(15-9-6-10-16-33)40-27(23)21-28(25)39-29/h5,7-8,11-12,19-21,26H,6,9-10,13-18H2,1-4H3,(H,34,38)(H,36,37)/b35-29-/t26-/m0/s1. The molecule has 1 aliphatic heterocycles. The summed E-state index contributed by atoms with van der Waals surface area (Å²) in [6.07, 6.45) is 9.60. The van der Waals surface area contributed by atoms with Crippen molar-refractivity contribution in [2.24, 2.45) is 5.10 Å². The molecule has 0 saturated heterocycles. The second-order valence-corrected chi connectivity index (χ2v) is 13.2. The van der Waals surface area contributed by atoms with E-state index in [2.05, 4.69) is 21.9 Å². The Morgan fingerprint density at radius 2 is 1.83 bits per heavy atom. The third-order valence-electron chi connectivity index (χ3n) is 7.86. The molecule has 1 atom stereocenters. The van der Waals surface area contributed by atoms with Crippen molar-refractivity contribution in [3.8, 4) is 16.9 Å². The molecular formula is C33H41N3O5S. The van der Waals surface area contributed by atoms with Crippen LogP contribution in [-0.4, -0.2) is 41.3 Å². The van der Waals surface area contributed by atoms with E-state index in [1.165, 1.54) is 24.8 Å². The van der Waals surface area contributed by atoms with Crippen LogP contribution in [0, 0.1) is 0 Å². The number of benzene rings is 2. The summed E-state index contributed by atoms with van der Waals surface area (Å²) in [6.45, 7) is 5.34. The fourth-order valence-electron chi connectivity index (χ4n) is 5.78. The van der Waals surface area contributed by atoms with Crippen LogP contribution in [-0.2, 0) is 16.0 Å². The summed E-state index contributed by atoms with van der Waals surface area (Å²) in [5, 5.41) is 7.99. The van der Waals surface area contributed by atoms with Crippen molar-refractivity contribution in [2.75, 3.05) is 12.0 Å². The quantitative estimate of drug-likeness (QED) is 0.296. The Balaban J connectivity index is 1.47. The Morgan fingerprint density at radius 1 is 1.07 bits per heavy atom. The zero-order valence-electron chi connectivity index (χ0n) is 25.0. The third kappa shape index (κ3) is 7.30. The predicted octanol–water partition coefficient (Wildman–Crippen LogP) is 6.71. The number of thioether (sulfide) groups is 1. The van der Waals surface area contributed by atoms with Crippen molar-refractivity contribution in [1.29, 1.82) is 0 Å². The first-order valence-corrected chi connectivity index (χ1v) is 16.2. The molecule has 0 radical (unpaired) electrons. The molecule has 1 fully saturated rings. The number of nitrogens with one attached hydrogen (secondary N) is 2. The van der Waals surface area contributed by atoms with E-state index in [0.717, 1.165) is 47.9 Å². The molecule has 1 aliphatic carbocycles. The molecule has 224 valence electrons. The number of amides is 2. The van der Waals surface area contributed by atoms with Gasteiger partial charge in [0.15, 0.2) is 0 Å². The van der Waals surface area contributed by atoms with Gasteiger partial charge in [-0.05, 0) is 100 Å². The molecule has 0 unspecified atom stereocenters. The maximum absolute atomic E-state index is 13.2. The van der Waals surface area contributed by atoms with E-state index in [0.29, 0.717) is 17.8 Å². The molecule has 2 aromatic carbocycles. The van der Waals surface area contributed by atoms with Gasteiger partial charge in [0, 0.05) is 17.5 Å². The van der Waals surface area contributed by atoms with Crippen molar-refractivity contribution in [3.05, 3.63) is 59.6 Å². The minimum Gasteiger partial charge on any atom is -0.487 e. The van der Waals surface area contributed by atoms with E-state index >= 15 is 0 Å². The average molecular weight is 592 g/mol. The van der Waals surface area contributed by atoms with Crippen molar-refractivity contribution in [1.82, 2.24) is 10.7 Å². The lowest BCUT2D eigenvalue weighted by Gasteiger charge is -2.41. The highest BCUT2D eigenvalue weighted by Crippen LogP contribution is 2.43. The van der Waals surface area contributed by atoms with Crippen LogP contribution in [0.25, 0.3) is 22.1 Å². The number of hydrogen-bond acceptors (Lipinski definition) is 7. The summed E-state index contributed by atoms with van der Waals surface area (Å²) in [5.41, 5.74) is 5.91. The smallest absolute Gasteiger partial charge is 0.408 e. The van der Waals surface area contributed by atoms with Crippen LogP contribution in [0.1, 0.15) is 71.3 Å². The van der Waals surface area contributed by atoms with Gasteiger partial charge >= 0.3 is 6.09 Å². The molecular weight excluding hydrogens is 550 g/mol. The van der Waals surface area contributed by atoms with Gasteiger partial charge < -0.3 is 19.2 Å². The number of carbonyl (C=O) groups excluding carboxylic acids is 2. The van der Waals surface area contributed by atoms with Crippen LogP contribution >= 0.6 is 11.8 Å². The van der Waals surface area contributed by atoms with E-state index in [1.807, 2.05) is 48.7 Å². The Morgan fingerprint density at radius 3 is 2.55 bits per heavy atom. The van der Waals surface area contributed by atoms with Crippen LogP contribution in [0.3, 0.4) is 0 Å². The van der Waals surface area contributed by atoms with Crippen LogP contribution in [0.5, 0.6) is 5.75 Å². The van der Waals surface area contributed by atoms with Crippen molar-refractivity contribution in [3.63, 3.8) is 0 Å². The number of hydrogen-bond donors (Lipinski definition) is 2. The highest BCUT2D eigenvalue weighted by molar-refractivity contribution is 7.98. The van der Waals surface area contributed by atoms with Crippen LogP contribution in [0.2, 0.25) is 0 Å². The van der Waals surface area contributed by atoms with Gasteiger partial charge in [0.05, 0.1) is 0 Å². The zero-order valence-corrected chi connectivity index (χ0v) is 25.8. The molecule has 2 heterocycles. The molecule has 0 bridgehead atoms. The SMILES string of the molecule is CSCC[C@H](NC(=O)OC(C)(C)C)C(=O)N/N=c1/cc(-c2ccccc2)c2cc3c(cc2o1)OC1(CCCCC1)CC3. The van der Waals surface area contributed by atoms with Gasteiger partial charge in [0.25, 0.3) is 5.91 Å². The number of fused-ring (bicyclic) bond motifs is 2. The van der Waals surface area contributed by atoms with Gasteiger partial charge in [-0.25, -0.2) is 10.2 Å². The maximum Gasteiger partial charge on any atom is 0.408 e. The molecule has 2 N–H and O–H groups in total. The molecule has 8 nitrogen and oxygen atoms in total. The summed E-state index contributed by atoms with van der Waals surface area (Å²) in [4.78, 5) is 25.6. The first-order chi connectivity index (χ1) is 20.1. The maximum atomic E-state index is 13.2. The Labute approximate surface area is 251 Å². The Hall–Kier alpha value is -3.46. The fourth-order valence-corrected chi connectivity index (χ4v) is 6.26. The Bertz CT molecular complexity index is 1490. The summed E-state index contributed by atoms with van der Waals surface area (Å²) in [5.74, 6) is 1.11. The van der Waals surface area contributed by atoms with Gasteiger partial charge in [0.2, 0.25) is 5.55 Å². The Kier molecular flexibility index (Phi) is 9.16. The highest BCUT2D eigenvalue weighted by Gasteiger charge is 2.37. The van der Waals surface area contributed by atoms with Crippen LogP contribution < -0.4 is 21.0 Å². The van der Waals surface area contributed by atoms with Gasteiger partial charge in [0.1, 0.15) is 28.6 Å². The first kappa shape index (κ1) is 30.0. The van der Waals surface area contributed by atoms with E-state index in [1.54, 1.807) is 32.5 Å². The molecule has 3 aromatic rings. The first-order valence-electron chi connectivity index (χ1n) is 14.8. The number of carbonyl (C=O) groups is 2. The van der Waals surface area contributed by atoms with Crippen molar-refractivity contribution in [2.45, 2.75) is 89.4 Å². The van der Waals surface area contributed by atoms with E-state index in [4.69, 9.17) is 13.9 Å². The number of alkyl carbamates (subject to hydrolysis) is 1. The lowest BCUT2D eigenvalue weighted by atomic mass is 9.79. The minimum atomic E-state index is -0.808. The van der Waals surface area contributed by atoms with Gasteiger partial charge in [-0.3, -0.25) is 4.79 Å². The molecule has 1 spiro atoms. The predicted molar refractivity (Wildman–Crippen MR) is 166 cm³/mol. The van der Waals surface area contributed by atoms with E-state index < -0.39 is 23.6 Å². The molecule has 9 heteroatoms. The topological polar surface area (TPSA) is 102 Å². The summed E-state index contributed by atoms with van der Waals surface area (Å²) >= 11 is 1.59. The fraction of sp³-hybridized carbons (Fsp3) is 0.485. The van der Waals surface area contributed by atoms with E-state index in [9.17, 15) is 9.59 Å². The highest BCUT2D eigenvalue weighted by atomic mass is 32.2. The molecule has 2 aliphatic rings. The molecule has 1 aromatic heterocycles. The summed E-state index contributed by atoms with van der Waals surface area (Å²) in [6, 6.07) is 15.3. The van der Waals surface area contributed by atoms with Gasteiger partial charge in [-0.1, -0.05) is 36.8 Å². The number of nitrogens with zero attached hydrogens (tertiary/aromatic N) is 1. The number of rotatable bonds is 7. The average Bonchev–Trinajstić information content (AvgIpc) is 2.96. The second kappa shape index (κ2) is 12.8. The number of aryl methyl sites for hydroxylation is 1. The molecule has 5 rings (SSSR count).